The van der Waals surface area contributed by atoms with Crippen LogP contribution in [-0.2, 0) is 0 Å². The van der Waals surface area contributed by atoms with Gasteiger partial charge in [-0.15, -0.1) is 0 Å². The quantitative estimate of drug-likeness (QED) is 0.502. The minimum Gasteiger partial charge on any atom is -0.0744 e. The van der Waals surface area contributed by atoms with Crippen LogP contribution in [0.4, 0.5) is 0 Å². The molecule has 0 amide bonds. The third kappa shape index (κ3) is 1.10. The maximum absolute atomic E-state index is 2.38. The molecule has 0 bridgehead atoms. The van der Waals surface area contributed by atoms with Crippen LogP contribution in [0.15, 0.2) is 22.8 Å². The first-order valence-electron chi connectivity index (χ1n) is 4.05. The first-order chi connectivity index (χ1) is 4.66. The lowest BCUT2D eigenvalue weighted by atomic mass is 10.1. The van der Waals surface area contributed by atoms with Crippen molar-refractivity contribution in [3.63, 3.8) is 0 Å². The van der Waals surface area contributed by atoms with E-state index in [1.165, 1.54) is 21.9 Å². The Hall–Kier alpha value is -0.303. The van der Waals surface area contributed by atoms with Crippen LogP contribution in [0.2, 0.25) is 6.04 Å². The van der Waals surface area contributed by atoms with Gasteiger partial charge in [-0.05, 0) is 31.4 Å². The van der Waals surface area contributed by atoms with Crippen molar-refractivity contribution >= 4 is 10.2 Å². The fourth-order valence-corrected chi connectivity index (χ4v) is 2.96. The van der Waals surface area contributed by atoms with E-state index in [1.54, 1.807) is 11.1 Å². The molecule has 1 aliphatic rings. The molecule has 1 unspecified atom stereocenters. The van der Waals surface area contributed by atoms with Crippen LogP contribution in [-0.4, -0.2) is 10.2 Å². The largest absolute Gasteiger partial charge is 0.0744 e. The summed E-state index contributed by atoms with van der Waals surface area (Å²) in [5.41, 5.74) is 4.74. The van der Waals surface area contributed by atoms with E-state index in [2.05, 4.69) is 26.8 Å². The summed E-state index contributed by atoms with van der Waals surface area (Å²) in [5, 5.41) is 0. The maximum atomic E-state index is 2.38. The number of hydrogen-bond donors (Lipinski definition) is 0. The Morgan fingerprint density at radius 3 is 2.30 bits per heavy atom. The molecule has 0 heterocycles. The summed E-state index contributed by atoms with van der Waals surface area (Å²) >= 11 is 0. The van der Waals surface area contributed by atoms with Gasteiger partial charge in [0.05, 0.1) is 0 Å². The molecule has 0 saturated carbocycles. The van der Waals surface area contributed by atoms with Crippen molar-refractivity contribution in [2.24, 2.45) is 5.92 Å². The molecule has 0 fully saturated rings. The molecule has 1 atom stereocenters. The van der Waals surface area contributed by atoms with Crippen LogP contribution in [0.25, 0.3) is 0 Å². The Labute approximate surface area is 66.4 Å². The smallest absolute Gasteiger partial charge is 0.00796 e. The summed E-state index contributed by atoms with van der Waals surface area (Å²) in [6.07, 6.45) is 2.38. The molecule has 0 radical (unpaired) electrons. The molecule has 56 valence electrons. The monoisotopic (exact) mass is 152 g/mol. The third-order valence-electron chi connectivity index (χ3n) is 2.50. The lowest BCUT2D eigenvalue weighted by molar-refractivity contribution is 0.874. The Bertz CT molecular complexity index is 199. The fraction of sp³-hybridized carbons (Fsp3) is 0.556. The summed E-state index contributed by atoms with van der Waals surface area (Å²) in [5.74, 6) is 0.734. The fourth-order valence-electron chi connectivity index (χ4n) is 1.78. The third-order valence-corrected chi connectivity index (χ3v) is 3.27. The summed E-state index contributed by atoms with van der Waals surface area (Å²) in [6.45, 7) is 6.77. The zero-order valence-electron chi connectivity index (χ0n) is 7.36. The van der Waals surface area contributed by atoms with Gasteiger partial charge in [-0.3, -0.25) is 0 Å². The molecule has 1 rings (SSSR count). The van der Waals surface area contributed by atoms with Gasteiger partial charge in [0.15, 0.2) is 0 Å². The zero-order valence-corrected chi connectivity index (χ0v) is 9.36. The number of hydrogen-bond acceptors (Lipinski definition) is 0. The van der Waals surface area contributed by atoms with Gasteiger partial charge in [0, 0.05) is 10.2 Å². The number of allylic oxidation sites excluding steroid dienone is 4. The zero-order chi connectivity index (χ0) is 7.72. The SMILES string of the molecule is CC1=CC(C)C(C[SiH3])=C1C. The second-order valence-corrected chi connectivity index (χ2v) is 3.85. The Morgan fingerprint density at radius 1 is 1.50 bits per heavy atom. The molecule has 0 aliphatic heterocycles. The Morgan fingerprint density at radius 2 is 2.10 bits per heavy atom. The van der Waals surface area contributed by atoms with Gasteiger partial charge in [-0.25, -0.2) is 0 Å². The number of rotatable bonds is 1. The van der Waals surface area contributed by atoms with Crippen molar-refractivity contribution in [2.75, 3.05) is 0 Å². The van der Waals surface area contributed by atoms with Gasteiger partial charge >= 0.3 is 0 Å². The van der Waals surface area contributed by atoms with Crippen LogP contribution >= 0.6 is 0 Å². The summed E-state index contributed by atoms with van der Waals surface area (Å²) in [4.78, 5) is 0. The minimum absolute atomic E-state index is 0.734. The molecule has 0 aromatic heterocycles. The molecule has 0 saturated heterocycles. The Balaban J connectivity index is 2.92. The average molecular weight is 152 g/mol. The second kappa shape index (κ2) is 2.75. The second-order valence-electron chi connectivity index (χ2n) is 3.14. The lowest BCUT2D eigenvalue weighted by Gasteiger charge is -2.05. The van der Waals surface area contributed by atoms with Crippen LogP contribution in [0.5, 0.6) is 0 Å². The summed E-state index contributed by atoms with van der Waals surface area (Å²) < 4.78 is 0. The standard InChI is InChI=1S/C9H16Si/c1-6-4-7(2)9(5-10)8(6)3/h4,7H,5H2,1-3,10H3. The van der Waals surface area contributed by atoms with E-state index in [-0.39, 0.29) is 0 Å². The molecule has 10 heavy (non-hydrogen) atoms. The van der Waals surface area contributed by atoms with Gasteiger partial charge in [0.2, 0.25) is 0 Å². The highest BCUT2D eigenvalue weighted by Gasteiger charge is 2.15. The Kier molecular flexibility index (Phi) is 2.14. The highest BCUT2D eigenvalue weighted by Crippen LogP contribution is 2.31. The van der Waals surface area contributed by atoms with E-state index in [0.717, 1.165) is 5.92 Å². The molecular weight excluding hydrogens is 136 g/mol. The normalized spacial score (nSPS) is 25.9. The van der Waals surface area contributed by atoms with Crippen molar-refractivity contribution in [3.8, 4) is 0 Å². The van der Waals surface area contributed by atoms with Crippen molar-refractivity contribution in [1.29, 1.82) is 0 Å². The maximum Gasteiger partial charge on any atom is 0.00796 e. The van der Waals surface area contributed by atoms with Gasteiger partial charge in [0.1, 0.15) is 0 Å². The minimum atomic E-state index is 0.734. The first kappa shape index (κ1) is 7.80. The van der Waals surface area contributed by atoms with Gasteiger partial charge < -0.3 is 0 Å². The van der Waals surface area contributed by atoms with Crippen molar-refractivity contribution in [1.82, 2.24) is 0 Å². The highest BCUT2D eigenvalue weighted by atomic mass is 28.1. The van der Waals surface area contributed by atoms with E-state index >= 15 is 0 Å². The van der Waals surface area contributed by atoms with Gasteiger partial charge in [0.25, 0.3) is 0 Å². The van der Waals surface area contributed by atoms with Crippen LogP contribution < -0.4 is 0 Å². The first-order valence-corrected chi connectivity index (χ1v) is 5.46. The van der Waals surface area contributed by atoms with E-state index < -0.39 is 0 Å². The van der Waals surface area contributed by atoms with Crippen LogP contribution in [0, 0.1) is 5.92 Å². The van der Waals surface area contributed by atoms with Crippen molar-refractivity contribution in [2.45, 2.75) is 26.8 Å². The van der Waals surface area contributed by atoms with E-state index in [4.69, 9.17) is 0 Å². The molecule has 0 aromatic carbocycles. The predicted molar refractivity (Wildman–Crippen MR) is 50.4 cm³/mol. The van der Waals surface area contributed by atoms with E-state index in [0.29, 0.717) is 0 Å². The average Bonchev–Trinajstić information content (AvgIpc) is 2.09. The topological polar surface area (TPSA) is 0 Å². The van der Waals surface area contributed by atoms with E-state index in [1.807, 2.05) is 0 Å². The summed E-state index contributed by atoms with van der Waals surface area (Å²) in [7, 11) is 1.31. The van der Waals surface area contributed by atoms with Crippen molar-refractivity contribution < 1.29 is 0 Å². The van der Waals surface area contributed by atoms with E-state index in [9.17, 15) is 0 Å². The molecule has 1 aliphatic carbocycles. The molecule has 0 aromatic rings. The van der Waals surface area contributed by atoms with Crippen LogP contribution in [0.1, 0.15) is 20.8 Å². The van der Waals surface area contributed by atoms with Crippen molar-refractivity contribution in [3.05, 3.63) is 22.8 Å². The molecule has 0 nitrogen and oxygen atoms in total. The summed E-state index contributed by atoms with van der Waals surface area (Å²) in [6, 6.07) is 1.35. The molecule has 1 heteroatoms. The molecule has 0 N–H and O–H groups in total. The van der Waals surface area contributed by atoms with Crippen LogP contribution in [0.3, 0.4) is 0 Å². The lowest BCUT2D eigenvalue weighted by Crippen LogP contribution is -1.91. The van der Waals surface area contributed by atoms with Gasteiger partial charge in [-0.1, -0.05) is 24.1 Å². The van der Waals surface area contributed by atoms with Gasteiger partial charge in [-0.2, -0.15) is 0 Å². The highest BCUT2D eigenvalue weighted by molar-refractivity contribution is 6.10. The predicted octanol–water partition coefficient (Wildman–Crippen LogP) is 1.68. The molecular formula is C9H16Si. The molecule has 0 spiro atoms.